The van der Waals surface area contributed by atoms with Crippen LogP contribution in [0, 0.1) is 34.7 Å². The number of nitro benzene ring substituents is 1. The van der Waals surface area contributed by atoms with Gasteiger partial charge in [-0.25, -0.2) is 13.1 Å². The Balaban J connectivity index is 2.30. The molecule has 0 saturated heterocycles. The van der Waals surface area contributed by atoms with E-state index >= 15 is 0 Å². The largest absolute Gasteiger partial charge is 0.306 e. The second kappa shape index (κ2) is 5.10. The van der Waals surface area contributed by atoms with Crippen molar-refractivity contribution in [2.45, 2.75) is 25.2 Å². The molecular formula is C12H15FN2O4S. The molecule has 0 heterocycles. The van der Waals surface area contributed by atoms with E-state index in [0.29, 0.717) is 18.4 Å². The Hall–Kier alpha value is -1.54. The van der Waals surface area contributed by atoms with Gasteiger partial charge in [0, 0.05) is 12.6 Å². The lowest BCUT2D eigenvalue weighted by Crippen LogP contribution is -2.27. The third kappa shape index (κ3) is 2.96. The summed E-state index contributed by atoms with van der Waals surface area (Å²) in [4.78, 5) is 9.50. The first kappa shape index (κ1) is 14.9. The van der Waals surface area contributed by atoms with E-state index in [2.05, 4.69) is 4.72 Å². The van der Waals surface area contributed by atoms with Gasteiger partial charge in [-0.1, -0.05) is 6.92 Å². The van der Waals surface area contributed by atoms with Gasteiger partial charge < -0.3 is 0 Å². The van der Waals surface area contributed by atoms with Crippen molar-refractivity contribution in [3.8, 4) is 0 Å². The molecule has 1 aromatic carbocycles. The number of hydrogen-bond donors (Lipinski definition) is 1. The van der Waals surface area contributed by atoms with Crippen molar-refractivity contribution >= 4 is 15.7 Å². The third-order valence-electron chi connectivity index (χ3n) is 3.54. The molecule has 0 radical (unpaired) electrons. The highest BCUT2D eigenvalue weighted by molar-refractivity contribution is 7.89. The standard InChI is InChI=1S/C12H15FN2O4S/c1-7-3-9(7)6-14-20(18,19)12-5-11(15(16)17)10(13)4-8(12)2/h4-5,7,9,14H,3,6H2,1-2H3. The van der Waals surface area contributed by atoms with Crippen LogP contribution in [0.5, 0.6) is 0 Å². The highest BCUT2D eigenvalue weighted by Gasteiger charge is 2.34. The highest BCUT2D eigenvalue weighted by atomic mass is 32.2. The molecular weight excluding hydrogens is 287 g/mol. The van der Waals surface area contributed by atoms with Crippen LogP contribution < -0.4 is 4.72 Å². The maximum Gasteiger partial charge on any atom is 0.306 e. The van der Waals surface area contributed by atoms with Crippen molar-refractivity contribution in [1.82, 2.24) is 4.72 Å². The van der Waals surface area contributed by atoms with Gasteiger partial charge in [0.2, 0.25) is 15.8 Å². The van der Waals surface area contributed by atoms with Crippen LogP contribution >= 0.6 is 0 Å². The molecule has 1 aliphatic carbocycles. The summed E-state index contributed by atoms with van der Waals surface area (Å²) in [5.74, 6) is -0.246. The quantitative estimate of drug-likeness (QED) is 0.665. The Labute approximate surface area is 116 Å². The Kier molecular flexibility index (Phi) is 3.79. The fourth-order valence-electron chi connectivity index (χ4n) is 2.05. The van der Waals surface area contributed by atoms with E-state index in [1.165, 1.54) is 6.92 Å². The second-order valence-electron chi connectivity index (χ2n) is 5.15. The maximum absolute atomic E-state index is 13.4. The molecule has 20 heavy (non-hydrogen) atoms. The van der Waals surface area contributed by atoms with Gasteiger partial charge in [-0.05, 0) is 36.8 Å². The molecule has 8 heteroatoms. The van der Waals surface area contributed by atoms with Crippen LogP contribution in [0.2, 0.25) is 0 Å². The number of rotatable bonds is 5. The van der Waals surface area contributed by atoms with Crippen molar-refractivity contribution in [2.75, 3.05) is 6.54 Å². The summed E-state index contributed by atoms with van der Waals surface area (Å²) in [7, 11) is -3.86. The fraction of sp³-hybridized carbons (Fsp3) is 0.500. The second-order valence-corrected chi connectivity index (χ2v) is 6.89. The Morgan fingerprint density at radius 2 is 2.10 bits per heavy atom. The summed E-state index contributed by atoms with van der Waals surface area (Å²) in [6.45, 7) is 3.72. The van der Waals surface area contributed by atoms with E-state index in [1.54, 1.807) is 0 Å². The molecule has 0 aliphatic heterocycles. The summed E-state index contributed by atoms with van der Waals surface area (Å²) in [6.07, 6.45) is 0.963. The van der Waals surface area contributed by atoms with E-state index in [0.717, 1.165) is 18.6 Å². The molecule has 1 aliphatic rings. The number of benzene rings is 1. The molecule has 1 saturated carbocycles. The zero-order chi connectivity index (χ0) is 15.1. The Morgan fingerprint density at radius 3 is 2.60 bits per heavy atom. The van der Waals surface area contributed by atoms with E-state index in [4.69, 9.17) is 0 Å². The average molecular weight is 302 g/mol. The van der Waals surface area contributed by atoms with Crippen LogP contribution in [0.15, 0.2) is 17.0 Å². The summed E-state index contributed by atoms with van der Waals surface area (Å²) in [6, 6.07) is 1.63. The summed E-state index contributed by atoms with van der Waals surface area (Å²) in [5, 5.41) is 10.7. The minimum Gasteiger partial charge on any atom is -0.258 e. The fourth-order valence-corrected chi connectivity index (χ4v) is 3.39. The number of nitrogens with zero attached hydrogens (tertiary/aromatic N) is 1. The van der Waals surface area contributed by atoms with Crippen LogP contribution in [0.1, 0.15) is 18.9 Å². The van der Waals surface area contributed by atoms with E-state index in [-0.39, 0.29) is 10.5 Å². The first-order chi connectivity index (χ1) is 9.22. The van der Waals surface area contributed by atoms with Gasteiger partial charge in [0.1, 0.15) is 0 Å². The molecule has 110 valence electrons. The predicted octanol–water partition coefficient (Wildman–Crippen LogP) is 1.98. The van der Waals surface area contributed by atoms with E-state index in [9.17, 15) is 22.9 Å². The van der Waals surface area contributed by atoms with Gasteiger partial charge >= 0.3 is 5.69 Å². The minimum absolute atomic E-state index is 0.143. The minimum atomic E-state index is -3.86. The number of aryl methyl sites for hydroxylation is 1. The summed E-state index contributed by atoms with van der Waals surface area (Å²) in [5.41, 5.74) is -0.694. The Morgan fingerprint density at radius 1 is 1.50 bits per heavy atom. The lowest BCUT2D eigenvalue weighted by molar-refractivity contribution is -0.387. The molecule has 2 atom stereocenters. The van der Waals surface area contributed by atoms with Crippen molar-refractivity contribution < 1.29 is 17.7 Å². The van der Waals surface area contributed by atoms with Crippen LogP contribution in [0.3, 0.4) is 0 Å². The normalized spacial score (nSPS) is 21.8. The van der Waals surface area contributed by atoms with Gasteiger partial charge in [-0.2, -0.15) is 4.39 Å². The molecule has 1 N–H and O–H groups in total. The molecule has 2 rings (SSSR count). The lowest BCUT2D eigenvalue weighted by atomic mass is 10.2. The number of hydrogen-bond acceptors (Lipinski definition) is 4. The monoisotopic (exact) mass is 302 g/mol. The number of nitro groups is 1. The average Bonchev–Trinajstić information content (AvgIpc) is 3.02. The van der Waals surface area contributed by atoms with Gasteiger partial charge in [-0.3, -0.25) is 10.1 Å². The van der Waals surface area contributed by atoms with Gasteiger partial charge in [0.15, 0.2) is 0 Å². The molecule has 6 nitrogen and oxygen atoms in total. The third-order valence-corrected chi connectivity index (χ3v) is 5.11. The van der Waals surface area contributed by atoms with Crippen LogP contribution in [-0.2, 0) is 10.0 Å². The van der Waals surface area contributed by atoms with Crippen molar-refractivity contribution in [3.63, 3.8) is 0 Å². The molecule has 0 amide bonds. The molecule has 0 aromatic heterocycles. The van der Waals surface area contributed by atoms with Crippen LogP contribution in [0.25, 0.3) is 0 Å². The SMILES string of the molecule is Cc1cc(F)c([N+](=O)[O-])cc1S(=O)(=O)NCC1CC1C. The molecule has 1 aromatic rings. The van der Waals surface area contributed by atoms with E-state index in [1.807, 2.05) is 6.92 Å². The summed E-state index contributed by atoms with van der Waals surface area (Å²) >= 11 is 0. The topological polar surface area (TPSA) is 89.3 Å². The number of nitrogens with one attached hydrogen (secondary N) is 1. The summed E-state index contributed by atoms with van der Waals surface area (Å²) < 4.78 is 40.1. The highest BCUT2D eigenvalue weighted by Crippen LogP contribution is 2.37. The Bertz CT molecular complexity index is 660. The smallest absolute Gasteiger partial charge is 0.258 e. The molecule has 0 spiro atoms. The molecule has 0 bridgehead atoms. The van der Waals surface area contributed by atoms with Crippen LogP contribution in [-0.4, -0.2) is 19.9 Å². The van der Waals surface area contributed by atoms with Gasteiger partial charge in [0.25, 0.3) is 0 Å². The zero-order valence-corrected chi connectivity index (χ0v) is 11.9. The molecule has 1 fully saturated rings. The zero-order valence-electron chi connectivity index (χ0n) is 11.1. The molecule has 2 unspecified atom stereocenters. The predicted molar refractivity (Wildman–Crippen MR) is 70.3 cm³/mol. The number of sulfonamides is 1. The first-order valence-corrected chi connectivity index (χ1v) is 7.65. The maximum atomic E-state index is 13.4. The van der Waals surface area contributed by atoms with Crippen molar-refractivity contribution in [3.05, 3.63) is 33.6 Å². The lowest BCUT2D eigenvalue weighted by Gasteiger charge is -2.09. The van der Waals surface area contributed by atoms with Crippen LogP contribution in [0.4, 0.5) is 10.1 Å². The first-order valence-electron chi connectivity index (χ1n) is 6.16. The number of halogens is 1. The van der Waals surface area contributed by atoms with Gasteiger partial charge in [0.05, 0.1) is 9.82 Å². The van der Waals surface area contributed by atoms with Crippen molar-refractivity contribution in [1.29, 1.82) is 0 Å². The van der Waals surface area contributed by atoms with Crippen molar-refractivity contribution in [2.24, 2.45) is 11.8 Å². The van der Waals surface area contributed by atoms with E-state index < -0.39 is 26.5 Å². The van der Waals surface area contributed by atoms with Gasteiger partial charge in [-0.15, -0.1) is 0 Å².